The van der Waals surface area contributed by atoms with Crippen molar-refractivity contribution in [3.63, 3.8) is 0 Å². The highest BCUT2D eigenvalue weighted by Gasteiger charge is 2.43. The Labute approximate surface area is 173 Å². The summed E-state index contributed by atoms with van der Waals surface area (Å²) in [6.07, 6.45) is 11.2. The van der Waals surface area contributed by atoms with Crippen molar-refractivity contribution in [3.8, 4) is 0 Å². The molecule has 1 aliphatic heterocycles. The van der Waals surface area contributed by atoms with Gasteiger partial charge in [-0.25, -0.2) is 9.50 Å². The maximum Gasteiger partial charge on any atom is 0.268 e. The summed E-state index contributed by atoms with van der Waals surface area (Å²) in [6.45, 7) is 1.82. The predicted molar refractivity (Wildman–Crippen MR) is 114 cm³/mol. The Bertz CT molecular complexity index is 1100. The number of hydrogen-bond donors (Lipinski definition) is 1. The van der Waals surface area contributed by atoms with Crippen LogP contribution in [0, 0.1) is 5.41 Å². The van der Waals surface area contributed by atoms with Crippen LogP contribution in [0.5, 0.6) is 0 Å². The molecule has 152 valence electrons. The largest absolute Gasteiger partial charge is 0.342 e. The van der Waals surface area contributed by atoms with Gasteiger partial charge in [-0.2, -0.15) is 5.10 Å². The molecular formula is C21H26N6OS. The summed E-state index contributed by atoms with van der Waals surface area (Å²) in [5.74, 6) is 0.753. The first-order valence-electron chi connectivity index (χ1n) is 10.2. The SMILES string of the molecule is Cn1c(N2CCC3(CCCC3N)CC2)ncc(Sc2cccn3nccc23)c1=O. The number of nitrogens with zero attached hydrogens (tertiary/aromatic N) is 5. The summed E-state index contributed by atoms with van der Waals surface area (Å²) in [5.41, 5.74) is 7.68. The van der Waals surface area contributed by atoms with Crippen LogP contribution in [-0.4, -0.2) is 38.3 Å². The van der Waals surface area contributed by atoms with Crippen molar-refractivity contribution in [3.05, 3.63) is 47.1 Å². The molecule has 2 fully saturated rings. The zero-order valence-electron chi connectivity index (χ0n) is 16.6. The molecule has 1 spiro atoms. The van der Waals surface area contributed by atoms with Crippen molar-refractivity contribution in [2.24, 2.45) is 18.2 Å². The molecule has 1 saturated carbocycles. The van der Waals surface area contributed by atoms with Crippen LogP contribution in [-0.2, 0) is 7.05 Å². The third kappa shape index (κ3) is 3.14. The number of aromatic nitrogens is 4. The fraction of sp³-hybridized carbons (Fsp3) is 0.476. The Morgan fingerprint density at radius 3 is 2.79 bits per heavy atom. The Hall–Kier alpha value is -2.32. The van der Waals surface area contributed by atoms with Gasteiger partial charge in [0.15, 0.2) is 0 Å². The Morgan fingerprint density at radius 2 is 2.03 bits per heavy atom. The summed E-state index contributed by atoms with van der Waals surface area (Å²) in [6, 6.07) is 6.22. The molecular weight excluding hydrogens is 384 g/mol. The number of anilines is 1. The molecule has 8 heteroatoms. The molecule has 1 aliphatic carbocycles. The zero-order chi connectivity index (χ0) is 20.0. The quantitative estimate of drug-likeness (QED) is 0.715. The molecule has 3 aromatic heterocycles. The number of hydrogen-bond acceptors (Lipinski definition) is 6. The predicted octanol–water partition coefficient (Wildman–Crippen LogP) is 2.68. The van der Waals surface area contributed by atoms with Crippen molar-refractivity contribution in [1.82, 2.24) is 19.2 Å². The molecule has 4 heterocycles. The van der Waals surface area contributed by atoms with E-state index in [2.05, 4.69) is 15.0 Å². The second-order valence-electron chi connectivity index (χ2n) is 8.27. The molecule has 2 aliphatic rings. The fourth-order valence-electron chi connectivity index (χ4n) is 4.95. The number of rotatable bonds is 3. The molecule has 0 aromatic carbocycles. The third-order valence-electron chi connectivity index (χ3n) is 6.75. The van der Waals surface area contributed by atoms with Crippen molar-refractivity contribution in [2.45, 2.75) is 47.9 Å². The fourth-order valence-corrected chi connectivity index (χ4v) is 5.93. The van der Waals surface area contributed by atoms with Gasteiger partial charge in [-0.15, -0.1) is 0 Å². The second-order valence-corrected chi connectivity index (χ2v) is 9.35. The van der Waals surface area contributed by atoms with Crippen LogP contribution in [0.15, 0.2) is 51.4 Å². The van der Waals surface area contributed by atoms with E-state index in [0.29, 0.717) is 16.4 Å². The lowest BCUT2D eigenvalue weighted by molar-refractivity contribution is 0.196. The summed E-state index contributed by atoms with van der Waals surface area (Å²) in [7, 11) is 1.82. The van der Waals surface area contributed by atoms with Crippen molar-refractivity contribution in [2.75, 3.05) is 18.0 Å². The molecule has 0 bridgehead atoms. The number of nitrogens with two attached hydrogens (primary N) is 1. The highest BCUT2D eigenvalue weighted by atomic mass is 32.2. The lowest BCUT2D eigenvalue weighted by Crippen LogP contribution is -2.48. The maximum atomic E-state index is 13.0. The first kappa shape index (κ1) is 18.7. The molecule has 2 N–H and O–H groups in total. The molecule has 5 rings (SSSR count). The van der Waals surface area contributed by atoms with Crippen LogP contribution in [0.2, 0.25) is 0 Å². The monoisotopic (exact) mass is 410 g/mol. The minimum absolute atomic E-state index is 0.0145. The lowest BCUT2D eigenvalue weighted by Gasteiger charge is -2.42. The van der Waals surface area contributed by atoms with Crippen LogP contribution in [0.3, 0.4) is 0 Å². The Morgan fingerprint density at radius 1 is 1.21 bits per heavy atom. The van der Waals surface area contributed by atoms with Crippen LogP contribution < -0.4 is 16.2 Å². The highest BCUT2D eigenvalue weighted by molar-refractivity contribution is 7.99. The van der Waals surface area contributed by atoms with Gasteiger partial charge >= 0.3 is 0 Å². The van der Waals surface area contributed by atoms with Crippen molar-refractivity contribution < 1.29 is 0 Å². The topological polar surface area (TPSA) is 81.4 Å². The summed E-state index contributed by atoms with van der Waals surface area (Å²) in [5, 5.41) is 4.26. The van der Waals surface area contributed by atoms with Gasteiger partial charge in [0.1, 0.15) is 0 Å². The van der Waals surface area contributed by atoms with Gasteiger partial charge in [-0.1, -0.05) is 18.2 Å². The third-order valence-corrected chi connectivity index (χ3v) is 7.81. The van der Waals surface area contributed by atoms with Crippen molar-refractivity contribution >= 4 is 23.2 Å². The maximum absolute atomic E-state index is 13.0. The average molecular weight is 411 g/mol. The van der Waals surface area contributed by atoms with Crippen LogP contribution >= 0.6 is 11.8 Å². The van der Waals surface area contributed by atoms with Gasteiger partial charge in [0.25, 0.3) is 5.56 Å². The standard InChI is InChI=1S/C21H26N6OS/c1-25-19(28)17(29-16-4-3-11-27-15(16)6-10-24-27)14-23-20(25)26-12-8-21(9-13-26)7-2-5-18(21)22/h3-4,6,10-11,14,18H,2,5,7-9,12-13,22H2,1H3. The van der Waals surface area contributed by atoms with E-state index < -0.39 is 0 Å². The van der Waals surface area contributed by atoms with Gasteiger partial charge in [0.05, 0.1) is 22.8 Å². The van der Waals surface area contributed by atoms with Crippen molar-refractivity contribution in [1.29, 1.82) is 0 Å². The Balaban J connectivity index is 1.38. The van der Waals surface area contributed by atoms with E-state index >= 15 is 0 Å². The molecule has 7 nitrogen and oxygen atoms in total. The van der Waals surface area contributed by atoms with Crippen LogP contribution in [0.1, 0.15) is 32.1 Å². The summed E-state index contributed by atoms with van der Waals surface area (Å²) < 4.78 is 3.50. The van der Waals surface area contributed by atoms with E-state index in [1.165, 1.54) is 24.6 Å². The smallest absolute Gasteiger partial charge is 0.268 e. The first-order valence-corrected chi connectivity index (χ1v) is 11.1. The van der Waals surface area contributed by atoms with Gasteiger partial charge in [-0.05, 0) is 49.3 Å². The minimum atomic E-state index is -0.0145. The molecule has 0 radical (unpaired) electrons. The summed E-state index contributed by atoms with van der Waals surface area (Å²) >= 11 is 1.44. The average Bonchev–Trinajstić information content (AvgIpc) is 3.35. The number of pyridine rings is 1. The highest BCUT2D eigenvalue weighted by Crippen LogP contribution is 2.45. The zero-order valence-corrected chi connectivity index (χ0v) is 17.4. The van der Waals surface area contributed by atoms with E-state index in [1.807, 2.05) is 36.0 Å². The number of fused-ring (bicyclic) bond motifs is 1. The van der Waals surface area contributed by atoms with E-state index in [1.54, 1.807) is 17.0 Å². The van der Waals surface area contributed by atoms with Gasteiger partial charge in [-0.3, -0.25) is 9.36 Å². The Kier molecular flexibility index (Phi) is 4.63. The lowest BCUT2D eigenvalue weighted by atomic mass is 9.74. The molecule has 29 heavy (non-hydrogen) atoms. The second kappa shape index (κ2) is 7.18. The van der Waals surface area contributed by atoms with E-state index in [-0.39, 0.29) is 5.56 Å². The van der Waals surface area contributed by atoms with E-state index in [0.717, 1.165) is 48.7 Å². The van der Waals surface area contributed by atoms with Gasteiger partial charge in [0.2, 0.25) is 5.95 Å². The molecule has 1 unspecified atom stereocenters. The molecule has 0 amide bonds. The minimum Gasteiger partial charge on any atom is -0.342 e. The summed E-state index contributed by atoms with van der Waals surface area (Å²) in [4.78, 5) is 21.6. The molecule has 1 saturated heterocycles. The normalized spacial score (nSPS) is 21.3. The van der Waals surface area contributed by atoms with E-state index in [9.17, 15) is 4.79 Å². The molecule has 1 atom stereocenters. The first-order chi connectivity index (χ1) is 14.1. The van der Waals surface area contributed by atoms with Crippen LogP contribution in [0.4, 0.5) is 5.95 Å². The van der Waals surface area contributed by atoms with Crippen LogP contribution in [0.25, 0.3) is 5.52 Å². The number of piperidine rings is 1. The van der Waals surface area contributed by atoms with Gasteiger partial charge < -0.3 is 10.6 Å². The molecule has 3 aromatic rings. The van der Waals surface area contributed by atoms with Gasteiger partial charge in [0, 0.05) is 37.3 Å². The van der Waals surface area contributed by atoms with E-state index in [4.69, 9.17) is 5.73 Å².